The number of aryl methyl sites for hydroxylation is 3. The first-order chi connectivity index (χ1) is 47.3. The van der Waals surface area contributed by atoms with Gasteiger partial charge in [0.25, 0.3) is 5.56 Å². The number of halogens is 4. The number of hydrogen-bond acceptors (Lipinski definition) is 21. The van der Waals surface area contributed by atoms with Crippen molar-refractivity contribution in [1.82, 2.24) is 45.2 Å². The number of esters is 2. The lowest BCUT2D eigenvalue weighted by Gasteiger charge is -2.03. The number of aromatic carboxylic acids is 1. The number of nitrogens with one attached hydrogen (secondary N) is 4. The number of Topliss-reactive ketones (excluding diaryl/α,β-unsaturated/α-hetero) is 4. The van der Waals surface area contributed by atoms with Gasteiger partial charge in [-0.05, 0) is 160 Å². The molecule has 0 saturated carbocycles. The number of H-pyrrole nitrogens is 4. The van der Waals surface area contributed by atoms with Crippen molar-refractivity contribution < 1.29 is 62.7 Å². The third-order valence-corrected chi connectivity index (χ3v) is 14.2. The van der Waals surface area contributed by atoms with E-state index in [9.17, 15) is 58.6 Å². The molecule has 9 rings (SSSR count). The number of carbonyl (C=O) groups is 7. The summed E-state index contributed by atoms with van der Waals surface area (Å²) in [5.74, 6) is -3.69. The number of carbonyl (C=O) groups excluding carboxylic acids is 6. The Morgan fingerprint density at radius 2 is 1.02 bits per heavy atom. The standard InChI is InChI=1S/C19H18ClN3O4.C13H12ClN3O3.C13H14ClN3O.C9H14O4.C8H10ClN.C4H3N3O4/c1-2-27-19(26)14-11-21-17-10-15(22-23(17)18(14)25)16(24)5-3-4-12-6-8-13(20)9-7-12;14-10-6-4-9(5-7-10)2-1-3-12(18)11-8-13(16-15-11)17(19)20;14-10-6-4-9(5-7-10)2-1-3-12(18)11-8-13(15)17-16-11;1-4-12-6-8(7(3)10)9(11)13-5-2;9-8-3-1-7(2-4-8)5-6-10;8-4(9)2-1-3(6-5-2)7(10)11/h6-11,22H,2-5H2,1H3;4-8H,1-3H2,(H,15,16);4-8H,1-3H2,(H3,15,16,17);6H,4-5H2,1-3H3;1-4H,5-6,10H2;1H,(H,5,6)(H,8,9)/b;;;8-6-;;. The number of carboxylic acid groups (broad SMARTS) is 1. The fourth-order valence-electron chi connectivity index (χ4n) is 8.17. The molecule has 0 unspecified atom stereocenters. The van der Waals surface area contributed by atoms with E-state index in [4.69, 9.17) is 72.5 Å². The Morgan fingerprint density at radius 3 is 1.40 bits per heavy atom. The van der Waals surface area contributed by atoms with Crippen LogP contribution >= 0.6 is 46.4 Å². The Kier molecular flexibility index (Phi) is 34.9. The number of benzene rings is 4. The number of nitro groups is 2. The predicted molar refractivity (Wildman–Crippen MR) is 370 cm³/mol. The molecule has 9 aromatic rings. The molecule has 5 aromatic heterocycles. The maximum Gasteiger partial charge on any atom is 0.358 e. The maximum atomic E-state index is 12.4. The minimum absolute atomic E-state index is 0.0353. The monoisotopic (exact) mass is 1440 g/mol. The number of hydrogen-bond donors (Lipinski definition) is 7. The average Bonchev–Trinajstić information content (AvgIpc) is 1.67. The number of nitrogens with zero attached hydrogens (tertiary/aromatic N) is 7. The van der Waals surface area contributed by atoms with E-state index in [2.05, 4.69) is 40.3 Å². The molecule has 0 spiro atoms. The van der Waals surface area contributed by atoms with Crippen molar-refractivity contribution >= 4 is 111 Å². The SMILES string of the molecule is CCO/C=C(/C(C)=O)C(=O)OCC.CCOC(=O)c1cnc2cc(C(=O)CCCc3ccc(Cl)cc3)[nH]n2c1=O.NCCc1ccc(Cl)cc1.Nc1cc(C(=O)CCCc2ccc(Cl)cc2)[nH]n1.O=C(CCCc1ccc(Cl)cc1)c1cc([N+](=O)[O-])[nH]n1.O=C(O)c1cc([N+](=O)[O-])[nH]n1. The maximum absolute atomic E-state index is 12.4. The van der Waals surface area contributed by atoms with Crippen molar-refractivity contribution in [3.8, 4) is 0 Å². The van der Waals surface area contributed by atoms with Crippen molar-refractivity contribution in [2.75, 3.05) is 32.1 Å². The molecule has 0 aliphatic heterocycles. The largest absolute Gasteiger partial charge is 0.500 e. The van der Waals surface area contributed by atoms with E-state index < -0.39 is 39.1 Å². The van der Waals surface area contributed by atoms with Gasteiger partial charge in [-0.25, -0.2) is 23.9 Å². The number of aromatic amines is 4. The van der Waals surface area contributed by atoms with E-state index in [1.807, 2.05) is 90.0 Å². The lowest BCUT2D eigenvalue weighted by atomic mass is 10.1. The lowest BCUT2D eigenvalue weighted by Crippen LogP contribution is -2.24. The molecule has 0 saturated heterocycles. The highest BCUT2D eigenvalue weighted by Crippen LogP contribution is 2.18. The molecular weight excluding hydrogens is 1370 g/mol. The molecule has 29 nitrogen and oxygen atoms in total. The fraction of sp³-hybridized carbons (Fsp3) is 0.273. The van der Waals surface area contributed by atoms with Crippen molar-refractivity contribution in [1.29, 1.82) is 0 Å². The summed E-state index contributed by atoms with van der Waals surface area (Å²) in [7, 11) is 0. The predicted octanol–water partition coefficient (Wildman–Crippen LogP) is 12.0. The molecule has 33 heteroatoms. The summed E-state index contributed by atoms with van der Waals surface area (Å²) in [6.07, 6.45) is 8.77. The third kappa shape index (κ3) is 28.9. The van der Waals surface area contributed by atoms with E-state index in [0.717, 1.165) is 82.4 Å². The van der Waals surface area contributed by atoms with Crippen LogP contribution in [0.25, 0.3) is 5.65 Å². The highest BCUT2D eigenvalue weighted by molar-refractivity contribution is 6.31. The van der Waals surface area contributed by atoms with E-state index in [1.54, 1.807) is 39.0 Å². The van der Waals surface area contributed by atoms with Crippen molar-refractivity contribution in [3.63, 3.8) is 0 Å². The van der Waals surface area contributed by atoms with Crippen molar-refractivity contribution in [3.05, 3.63) is 241 Å². The van der Waals surface area contributed by atoms with Gasteiger partial charge in [0.15, 0.2) is 40.2 Å². The molecule has 0 fully saturated rings. The van der Waals surface area contributed by atoms with Gasteiger partial charge < -0.3 is 51.0 Å². The minimum Gasteiger partial charge on any atom is -0.500 e. The zero-order valence-electron chi connectivity index (χ0n) is 54.0. The number of aromatic nitrogens is 9. The van der Waals surface area contributed by atoms with Crippen molar-refractivity contribution in [2.45, 2.75) is 91.9 Å². The van der Waals surface area contributed by atoms with Gasteiger partial charge in [-0.1, -0.05) is 105 Å². The van der Waals surface area contributed by atoms with Gasteiger partial charge in [-0.3, -0.25) is 34.2 Å². The number of fused-ring (bicyclic) bond motifs is 1. The Hall–Kier alpha value is -10.7. The molecule has 0 atom stereocenters. The molecule has 0 aliphatic carbocycles. The van der Waals surface area contributed by atoms with Gasteiger partial charge in [0, 0.05) is 57.7 Å². The summed E-state index contributed by atoms with van der Waals surface area (Å²) in [5, 5.41) is 51.6. The fourth-order valence-corrected chi connectivity index (χ4v) is 8.68. The summed E-state index contributed by atoms with van der Waals surface area (Å²) in [4.78, 5) is 115. The van der Waals surface area contributed by atoms with Crippen LogP contribution in [0.3, 0.4) is 0 Å². The van der Waals surface area contributed by atoms with E-state index >= 15 is 0 Å². The molecule has 0 bridgehead atoms. The van der Waals surface area contributed by atoms with Gasteiger partial charge in [0.1, 0.15) is 34.6 Å². The van der Waals surface area contributed by atoms with Crippen LogP contribution in [0.2, 0.25) is 20.1 Å². The van der Waals surface area contributed by atoms with Crippen LogP contribution in [-0.2, 0) is 49.5 Å². The average molecular weight is 1440 g/mol. The van der Waals surface area contributed by atoms with Crippen LogP contribution in [0, 0.1) is 20.2 Å². The summed E-state index contributed by atoms with van der Waals surface area (Å²) in [5.41, 5.74) is 15.3. The molecule has 524 valence electrons. The van der Waals surface area contributed by atoms with Crippen LogP contribution in [-0.4, -0.2) is 128 Å². The third-order valence-electron chi connectivity index (χ3n) is 13.2. The summed E-state index contributed by atoms with van der Waals surface area (Å²) >= 11 is 23.1. The highest BCUT2D eigenvalue weighted by Gasteiger charge is 2.20. The Bertz CT molecular complexity index is 4200. The highest BCUT2D eigenvalue weighted by atomic mass is 35.5. The molecular formula is C66H71Cl4N13O16. The molecule has 9 N–H and O–H groups in total. The zero-order chi connectivity index (χ0) is 73.0. The summed E-state index contributed by atoms with van der Waals surface area (Å²) < 4.78 is 15.4. The van der Waals surface area contributed by atoms with Crippen LogP contribution in [0.1, 0.15) is 141 Å². The normalized spacial score (nSPS) is 10.5. The molecule has 0 amide bonds. The van der Waals surface area contributed by atoms with Gasteiger partial charge in [0.2, 0.25) is 0 Å². The number of ketones is 4. The van der Waals surface area contributed by atoms with E-state index in [0.29, 0.717) is 66.8 Å². The molecule has 99 heavy (non-hydrogen) atoms. The van der Waals surface area contributed by atoms with Crippen LogP contribution in [0.4, 0.5) is 17.5 Å². The van der Waals surface area contributed by atoms with Crippen LogP contribution in [0.5, 0.6) is 0 Å². The minimum atomic E-state index is -1.30. The van der Waals surface area contributed by atoms with Crippen molar-refractivity contribution in [2.24, 2.45) is 5.73 Å². The zero-order valence-corrected chi connectivity index (χ0v) is 57.0. The quantitative estimate of drug-likeness (QED) is 0.00367. The summed E-state index contributed by atoms with van der Waals surface area (Å²) in [6.45, 7) is 7.89. The van der Waals surface area contributed by atoms with Gasteiger partial charge >= 0.3 is 29.5 Å². The first kappa shape index (κ1) is 80.7. The summed E-state index contributed by atoms with van der Waals surface area (Å²) in [6, 6.07) is 35.4. The molecule has 4 aromatic carbocycles. The number of anilines is 1. The Labute approximate surface area is 585 Å². The molecule has 0 aliphatic rings. The first-order valence-electron chi connectivity index (χ1n) is 30.3. The number of rotatable bonds is 27. The number of nitrogen functional groups attached to an aromatic ring is 1. The van der Waals surface area contributed by atoms with Gasteiger partial charge in [0.05, 0.1) is 32.0 Å². The first-order valence-corrected chi connectivity index (χ1v) is 31.8. The van der Waals surface area contributed by atoms with Crippen LogP contribution in [0.15, 0.2) is 144 Å². The number of ether oxygens (including phenoxy) is 3. The van der Waals surface area contributed by atoms with E-state index in [-0.39, 0.29) is 76.0 Å². The van der Waals surface area contributed by atoms with Crippen LogP contribution < -0.4 is 17.0 Å². The Morgan fingerprint density at radius 1 is 0.586 bits per heavy atom. The second-order valence-electron chi connectivity index (χ2n) is 20.5. The number of nitrogens with two attached hydrogens (primary N) is 2. The smallest absolute Gasteiger partial charge is 0.358 e. The Balaban J connectivity index is 0.000000261. The topological polar surface area (TPSA) is 442 Å². The second kappa shape index (κ2) is 42.8. The second-order valence-corrected chi connectivity index (χ2v) is 22.2. The molecule has 0 radical (unpaired) electrons. The van der Waals surface area contributed by atoms with Gasteiger partial charge in [-0.15, -0.1) is 10.2 Å². The van der Waals surface area contributed by atoms with E-state index in [1.165, 1.54) is 24.1 Å². The number of carboxylic acids is 1. The lowest BCUT2D eigenvalue weighted by molar-refractivity contribution is -0.389. The molecule has 5 heterocycles. The van der Waals surface area contributed by atoms with Gasteiger partial charge in [-0.2, -0.15) is 5.10 Å².